The lowest BCUT2D eigenvalue weighted by atomic mass is 10.0. The second-order valence-corrected chi connectivity index (χ2v) is 5.79. The highest BCUT2D eigenvalue weighted by molar-refractivity contribution is 9.10. The molecule has 102 valence electrons. The van der Waals surface area contributed by atoms with Crippen molar-refractivity contribution < 1.29 is 4.42 Å². The summed E-state index contributed by atoms with van der Waals surface area (Å²) in [7, 11) is 0. The van der Waals surface area contributed by atoms with E-state index >= 15 is 0 Å². The van der Waals surface area contributed by atoms with Gasteiger partial charge in [-0.15, -0.1) is 0 Å². The number of benzene rings is 1. The molecule has 0 radical (unpaired) electrons. The molecule has 2 aromatic rings. The molecule has 0 saturated heterocycles. The summed E-state index contributed by atoms with van der Waals surface area (Å²) >= 11 is 9.58. The predicted octanol–water partition coefficient (Wildman–Crippen LogP) is 5.09. The molecule has 1 unspecified atom stereocenters. The van der Waals surface area contributed by atoms with Crippen molar-refractivity contribution >= 4 is 27.5 Å². The summed E-state index contributed by atoms with van der Waals surface area (Å²) in [4.78, 5) is 0. The molecule has 1 atom stereocenters. The van der Waals surface area contributed by atoms with Crippen molar-refractivity contribution in [3.8, 4) is 0 Å². The zero-order chi connectivity index (χ0) is 13.8. The van der Waals surface area contributed by atoms with Crippen LogP contribution in [-0.4, -0.2) is 6.54 Å². The average molecular weight is 343 g/mol. The van der Waals surface area contributed by atoms with Crippen LogP contribution in [0.15, 0.2) is 39.2 Å². The summed E-state index contributed by atoms with van der Waals surface area (Å²) in [6.07, 6.45) is 1.07. The van der Waals surface area contributed by atoms with Crippen LogP contribution in [0.1, 0.15) is 36.5 Å². The molecule has 1 aromatic carbocycles. The van der Waals surface area contributed by atoms with Crippen molar-refractivity contribution in [3.63, 3.8) is 0 Å². The Hall–Kier alpha value is -0.770. The van der Waals surface area contributed by atoms with Crippen molar-refractivity contribution in [1.29, 1.82) is 0 Å². The lowest BCUT2D eigenvalue weighted by Gasteiger charge is -2.18. The molecule has 1 aromatic heterocycles. The number of halogens is 2. The van der Waals surface area contributed by atoms with Crippen molar-refractivity contribution in [2.45, 2.75) is 26.3 Å². The quantitative estimate of drug-likeness (QED) is 0.818. The molecule has 0 aliphatic rings. The van der Waals surface area contributed by atoms with Crippen LogP contribution in [0.4, 0.5) is 0 Å². The highest BCUT2D eigenvalue weighted by Gasteiger charge is 2.19. The van der Waals surface area contributed by atoms with E-state index in [-0.39, 0.29) is 6.04 Å². The van der Waals surface area contributed by atoms with Gasteiger partial charge in [0.2, 0.25) is 0 Å². The minimum Gasteiger partial charge on any atom is -0.464 e. The van der Waals surface area contributed by atoms with Crippen LogP contribution in [0.25, 0.3) is 0 Å². The van der Waals surface area contributed by atoms with Gasteiger partial charge >= 0.3 is 0 Å². The Kier molecular flexibility index (Phi) is 5.08. The normalized spacial score (nSPS) is 12.6. The van der Waals surface area contributed by atoms with Gasteiger partial charge in [0.25, 0.3) is 0 Å². The Morgan fingerprint density at radius 3 is 2.68 bits per heavy atom. The lowest BCUT2D eigenvalue weighted by Crippen LogP contribution is -2.23. The highest BCUT2D eigenvalue weighted by Crippen LogP contribution is 2.31. The maximum absolute atomic E-state index is 6.00. The molecule has 0 spiro atoms. The standard InChI is InChI=1S/C15H17BrClNO/c1-3-8-18-15(14-7-4-10(2)19-14)12-6-5-11(17)9-13(12)16/h4-7,9,15,18H,3,8H2,1-2H3. The van der Waals surface area contributed by atoms with Gasteiger partial charge in [-0.2, -0.15) is 0 Å². The minimum absolute atomic E-state index is 0.0419. The number of furan rings is 1. The predicted molar refractivity (Wildman–Crippen MR) is 82.7 cm³/mol. The monoisotopic (exact) mass is 341 g/mol. The number of rotatable bonds is 5. The average Bonchev–Trinajstić information content (AvgIpc) is 2.78. The van der Waals surface area contributed by atoms with Crippen LogP contribution in [0.3, 0.4) is 0 Å². The minimum atomic E-state index is 0.0419. The molecule has 1 heterocycles. The molecule has 0 saturated carbocycles. The third-order valence-corrected chi connectivity index (χ3v) is 3.84. The zero-order valence-electron chi connectivity index (χ0n) is 11.0. The number of hydrogen-bond donors (Lipinski definition) is 1. The molecule has 0 fully saturated rings. The summed E-state index contributed by atoms with van der Waals surface area (Å²) in [6, 6.07) is 9.88. The smallest absolute Gasteiger partial charge is 0.125 e. The fraction of sp³-hybridized carbons (Fsp3) is 0.333. The summed E-state index contributed by atoms with van der Waals surface area (Å²) < 4.78 is 6.75. The summed E-state index contributed by atoms with van der Waals surface area (Å²) in [6.45, 7) is 5.03. The Labute approximate surface area is 127 Å². The van der Waals surface area contributed by atoms with E-state index in [0.29, 0.717) is 0 Å². The van der Waals surface area contributed by atoms with Crippen LogP contribution in [0, 0.1) is 6.92 Å². The molecular formula is C15H17BrClNO. The van der Waals surface area contributed by atoms with Gasteiger partial charge in [0, 0.05) is 9.50 Å². The van der Waals surface area contributed by atoms with E-state index < -0.39 is 0 Å². The van der Waals surface area contributed by atoms with Gasteiger partial charge in [0.15, 0.2) is 0 Å². The molecule has 0 aliphatic carbocycles. The van der Waals surface area contributed by atoms with Crippen LogP contribution < -0.4 is 5.32 Å². The maximum Gasteiger partial charge on any atom is 0.125 e. The molecular weight excluding hydrogens is 326 g/mol. The molecule has 0 aliphatic heterocycles. The van der Waals surface area contributed by atoms with Gasteiger partial charge in [-0.25, -0.2) is 0 Å². The lowest BCUT2D eigenvalue weighted by molar-refractivity contribution is 0.430. The van der Waals surface area contributed by atoms with Gasteiger partial charge in [-0.1, -0.05) is 40.5 Å². The first-order chi connectivity index (χ1) is 9.11. The Morgan fingerprint density at radius 2 is 2.11 bits per heavy atom. The van der Waals surface area contributed by atoms with E-state index in [1.165, 1.54) is 0 Å². The Bertz CT molecular complexity index is 553. The van der Waals surface area contributed by atoms with E-state index in [0.717, 1.165) is 39.5 Å². The molecule has 4 heteroatoms. The third kappa shape index (κ3) is 3.62. The van der Waals surface area contributed by atoms with Crippen molar-refractivity contribution in [1.82, 2.24) is 5.32 Å². The van der Waals surface area contributed by atoms with E-state index in [9.17, 15) is 0 Å². The first kappa shape index (κ1) is 14.6. The van der Waals surface area contributed by atoms with Gasteiger partial charge in [-0.3, -0.25) is 0 Å². The maximum atomic E-state index is 6.00. The van der Waals surface area contributed by atoms with Crippen LogP contribution in [-0.2, 0) is 0 Å². The Balaban J connectivity index is 2.36. The largest absolute Gasteiger partial charge is 0.464 e. The van der Waals surface area contributed by atoms with Crippen LogP contribution in [0.5, 0.6) is 0 Å². The highest BCUT2D eigenvalue weighted by atomic mass is 79.9. The second-order valence-electron chi connectivity index (χ2n) is 4.50. The topological polar surface area (TPSA) is 25.2 Å². The van der Waals surface area contributed by atoms with Gasteiger partial charge in [0.05, 0.1) is 6.04 Å². The van der Waals surface area contributed by atoms with E-state index in [1.807, 2.05) is 37.3 Å². The van der Waals surface area contributed by atoms with Gasteiger partial charge < -0.3 is 9.73 Å². The van der Waals surface area contributed by atoms with Crippen LogP contribution >= 0.6 is 27.5 Å². The van der Waals surface area contributed by atoms with Crippen LogP contribution in [0.2, 0.25) is 5.02 Å². The van der Waals surface area contributed by atoms with E-state index in [4.69, 9.17) is 16.0 Å². The molecule has 0 amide bonds. The molecule has 0 bridgehead atoms. The zero-order valence-corrected chi connectivity index (χ0v) is 13.4. The first-order valence-corrected chi connectivity index (χ1v) is 7.53. The summed E-state index contributed by atoms with van der Waals surface area (Å²) in [5, 5.41) is 4.23. The van der Waals surface area contributed by atoms with E-state index in [1.54, 1.807) is 0 Å². The molecule has 2 nitrogen and oxygen atoms in total. The summed E-state index contributed by atoms with van der Waals surface area (Å²) in [5.74, 6) is 1.84. The van der Waals surface area contributed by atoms with Crippen molar-refractivity contribution in [2.75, 3.05) is 6.54 Å². The van der Waals surface area contributed by atoms with E-state index in [2.05, 4.69) is 28.2 Å². The fourth-order valence-electron chi connectivity index (χ4n) is 2.00. The third-order valence-electron chi connectivity index (χ3n) is 2.92. The molecule has 19 heavy (non-hydrogen) atoms. The van der Waals surface area contributed by atoms with Gasteiger partial charge in [-0.05, 0) is 49.7 Å². The first-order valence-electron chi connectivity index (χ1n) is 6.36. The van der Waals surface area contributed by atoms with Gasteiger partial charge in [0.1, 0.15) is 11.5 Å². The number of aryl methyl sites for hydroxylation is 1. The number of nitrogens with one attached hydrogen (secondary N) is 1. The second kappa shape index (κ2) is 6.60. The molecule has 2 rings (SSSR count). The SMILES string of the molecule is CCCNC(c1ccc(C)o1)c1ccc(Cl)cc1Br. The number of hydrogen-bond acceptors (Lipinski definition) is 2. The Morgan fingerprint density at radius 1 is 1.32 bits per heavy atom. The fourth-order valence-corrected chi connectivity index (χ4v) is 2.91. The van der Waals surface area contributed by atoms with Crippen molar-refractivity contribution in [2.24, 2.45) is 0 Å². The molecule has 1 N–H and O–H groups in total. The summed E-state index contributed by atoms with van der Waals surface area (Å²) in [5.41, 5.74) is 1.13. The van der Waals surface area contributed by atoms with Crippen molar-refractivity contribution in [3.05, 3.63) is 56.9 Å².